The highest BCUT2D eigenvalue weighted by atomic mass is 19.4. The zero-order chi connectivity index (χ0) is 12.6. The van der Waals surface area contributed by atoms with Gasteiger partial charge in [0.15, 0.2) is 0 Å². The van der Waals surface area contributed by atoms with Crippen molar-refractivity contribution in [3.05, 3.63) is 11.9 Å². The predicted octanol–water partition coefficient (Wildman–Crippen LogP) is 2.14. The van der Waals surface area contributed by atoms with Gasteiger partial charge in [-0.15, -0.1) is 0 Å². The van der Waals surface area contributed by atoms with Crippen LogP contribution in [0.25, 0.3) is 0 Å². The van der Waals surface area contributed by atoms with Gasteiger partial charge in [-0.25, -0.2) is 9.97 Å². The van der Waals surface area contributed by atoms with Gasteiger partial charge < -0.3 is 10.2 Å². The Morgan fingerprint density at radius 1 is 1.35 bits per heavy atom. The molecule has 1 aliphatic carbocycles. The second-order valence-electron chi connectivity index (χ2n) is 4.02. The number of hydrogen-bond donors (Lipinski definition) is 1. The minimum atomic E-state index is -4.52. The quantitative estimate of drug-likeness (QED) is 0.887. The molecule has 1 heterocycles. The van der Waals surface area contributed by atoms with E-state index in [1.807, 2.05) is 0 Å². The van der Waals surface area contributed by atoms with Crippen molar-refractivity contribution in [3.8, 4) is 0 Å². The Morgan fingerprint density at radius 3 is 2.47 bits per heavy atom. The van der Waals surface area contributed by atoms with Gasteiger partial charge in [-0.3, -0.25) is 0 Å². The first-order valence-corrected chi connectivity index (χ1v) is 5.28. The van der Waals surface area contributed by atoms with Gasteiger partial charge in [0, 0.05) is 26.2 Å². The highest BCUT2D eigenvalue weighted by molar-refractivity contribution is 5.50. The second kappa shape index (κ2) is 4.05. The van der Waals surface area contributed by atoms with Crippen molar-refractivity contribution in [3.63, 3.8) is 0 Å². The molecule has 0 atom stereocenters. The molecule has 1 fully saturated rings. The van der Waals surface area contributed by atoms with E-state index in [0.29, 0.717) is 11.9 Å². The number of anilines is 2. The van der Waals surface area contributed by atoms with E-state index in [1.165, 1.54) is 13.1 Å². The van der Waals surface area contributed by atoms with Crippen LogP contribution < -0.4 is 10.2 Å². The molecule has 0 radical (unpaired) electrons. The standard InChI is InChI=1S/C10H13F3N4/c1-14-7-5-8(17(2)6-3-4-6)16-9(15-7)10(11,12)13/h5-6H,3-4H2,1-2H3,(H,14,15,16). The highest BCUT2D eigenvalue weighted by Gasteiger charge is 2.36. The van der Waals surface area contributed by atoms with Gasteiger partial charge in [0.2, 0.25) is 5.82 Å². The van der Waals surface area contributed by atoms with Crippen LogP contribution in [0, 0.1) is 0 Å². The monoisotopic (exact) mass is 246 g/mol. The molecule has 1 N–H and O–H groups in total. The molecule has 1 aromatic heterocycles. The molecule has 4 nitrogen and oxygen atoms in total. The summed E-state index contributed by atoms with van der Waals surface area (Å²) in [6.07, 6.45) is -2.53. The molecule has 0 aromatic carbocycles. The zero-order valence-corrected chi connectivity index (χ0v) is 9.54. The normalized spacial score (nSPS) is 15.8. The lowest BCUT2D eigenvalue weighted by Gasteiger charge is -2.19. The van der Waals surface area contributed by atoms with Crippen molar-refractivity contribution in [2.45, 2.75) is 25.1 Å². The van der Waals surface area contributed by atoms with Gasteiger partial charge in [0.25, 0.3) is 0 Å². The van der Waals surface area contributed by atoms with Gasteiger partial charge in [0.05, 0.1) is 0 Å². The van der Waals surface area contributed by atoms with Crippen molar-refractivity contribution >= 4 is 11.6 Å². The summed E-state index contributed by atoms with van der Waals surface area (Å²) in [4.78, 5) is 8.74. The maximum atomic E-state index is 12.6. The van der Waals surface area contributed by atoms with Crippen molar-refractivity contribution in [1.29, 1.82) is 0 Å². The molecular weight excluding hydrogens is 233 g/mol. The summed E-state index contributed by atoms with van der Waals surface area (Å²) in [7, 11) is 3.28. The Kier molecular flexibility index (Phi) is 2.84. The lowest BCUT2D eigenvalue weighted by molar-refractivity contribution is -0.144. The van der Waals surface area contributed by atoms with Gasteiger partial charge in [-0.05, 0) is 12.8 Å². The Labute approximate surface area is 96.9 Å². The van der Waals surface area contributed by atoms with Crippen molar-refractivity contribution in [2.75, 3.05) is 24.3 Å². The summed E-state index contributed by atoms with van der Waals surface area (Å²) in [6.45, 7) is 0. The first-order valence-electron chi connectivity index (χ1n) is 5.28. The Morgan fingerprint density at radius 2 is 2.00 bits per heavy atom. The first-order chi connectivity index (χ1) is 7.91. The predicted molar refractivity (Wildman–Crippen MR) is 58.0 cm³/mol. The van der Waals surface area contributed by atoms with E-state index >= 15 is 0 Å². The highest BCUT2D eigenvalue weighted by Crippen LogP contribution is 2.33. The van der Waals surface area contributed by atoms with Crippen molar-refractivity contribution in [1.82, 2.24) is 9.97 Å². The van der Waals surface area contributed by atoms with Gasteiger partial charge in [-0.1, -0.05) is 0 Å². The second-order valence-corrected chi connectivity index (χ2v) is 4.02. The molecule has 2 rings (SSSR count). The van der Waals surface area contributed by atoms with Crippen LogP contribution in [-0.2, 0) is 6.18 Å². The largest absolute Gasteiger partial charge is 0.451 e. The molecule has 0 amide bonds. The number of alkyl halides is 3. The summed E-state index contributed by atoms with van der Waals surface area (Å²) in [5.41, 5.74) is 0. The lowest BCUT2D eigenvalue weighted by atomic mass is 10.4. The molecule has 0 aliphatic heterocycles. The van der Waals surface area contributed by atoms with Gasteiger partial charge in [-0.2, -0.15) is 13.2 Å². The van der Waals surface area contributed by atoms with E-state index in [4.69, 9.17) is 0 Å². The number of nitrogens with zero attached hydrogens (tertiary/aromatic N) is 3. The molecule has 0 unspecified atom stereocenters. The summed E-state index contributed by atoms with van der Waals surface area (Å²) in [5.74, 6) is -0.624. The SMILES string of the molecule is CNc1cc(N(C)C2CC2)nc(C(F)(F)F)n1. The number of hydrogen-bond acceptors (Lipinski definition) is 4. The Hall–Kier alpha value is -1.53. The van der Waals surface area contributed by atoms with E-state index in [1.54, 1.807) is 11.9 Å². The minimum Gasteiger partial charge on any atom is -0.373 e. The molecule has 0 saturated heterocycles. The minimum absolute atomic E-state index is 0.176. The van der Waals surface area contributed by atoms with E-state index < -0.39 is 12.0 Å². The molecule has 0 bridgehead atoms. The van der Waals surface area contributed by atoms with Crippen molar-refractivity contribution < 1.29 is 13.2 Å². The topological polar surface area (TPSA) is 41.0 Å². The molecule has 7 heteroatoms. The zero-order valence-electron chi connectivity index (χ0n) is 9.54. The average molecular weight is 246 g/mol. The van der Waals surface area contributed by atoms with Gasteiger partial charge in [0.1, 0.15) is 11.6 Å². The van der Waals surface area contributed by atoms with Crippen LogP contribution in [0.15, 0.2) is 6.07 Å². The average Bonchev–Trinajstić information content (AvgIpc) is 3.10. The van der Waals surface area contributed by atoms with Crippen molar-refractivity contribution in [2.24, 2.45) is 0 Å². The fraction of sp³-hybridized carbons (Fsp3) is 0.600. The molecule has 1 aromatic rings. The first kappa shape index (κ1) is 11.9. The molecule has 1 saturated carbocycles. The third-order valence-electron chi connectivity index (χ3n) is 2.68. The lowest BCUT2D eigenvalue weighted by Crippen LogP contribution is -2.23. The summed E-state index contributed by atoms with van der Waals surface area (Å²) in [5, 5.41) is 2.62. The van der Waals surface area contributed by atoms with Crippen LogP contribution in [0.1, 0.15) is 18.7 Å². The number of nitrogens with one attached hydrogen (secondary N) is 1. The molecule has 0 spiro atoms. The van der Waals surface area contributed by atoms with E-state index in [0.717, 1.165) is 12.8 Å². The van der Waals surface area contributed by atoms with Gasteiger partial charge >= 0.3 is 6.18 Å². The molecular formula is C10H13F3N4. The summed E-state index contributed by atoms with van der Waals surface area (Å²) < 4.78 is 37.8. The van der Waals surface area contributed by atoms with Crippen LogP contribution in [-0.4, -0.2) is 30.1 Å². The maximum absolute atomic E-state index is 12.6. The summed E-state index contributed by atoms with van der Waals surface area (Å²) >= 11 is 0. The number of rotatable bonds is 3. The van der Waals surface area contributed by atoms with E-state index in [2.05, 4.69) is 15.3 Å². The fourth-order valence-electron chi connectivity index (χ4n) is 1.52. The van der Waals surface area contributed by atoms with Crippen LogP contribution in [0.4, 0.5) is 24.8 Å². The Bertz CT molecular complexity index is 415. The number of aromatic nitrogens is 2. The number of halogens is 3. The van der Waals surface area contributed by atoms with Crippen LogP contribution in [0.5, 0.6) is 0 Å². The molecule has 94 valence electrons. The summed E-state index contributed by atoms with van der Waals surface area (Å²) in [6, 6.07) is 1.82. The smallest absolute Gasteiger partial charge is 0.373 e. The fourth-order valence-corrected chi connectivity index (χ4v) is 1.52. The van der Waals surface area contributed by atoms with Crippen LogP contribution in [0.2, 0.25) is 0 Å². The van der Waals surface area contributed by atoms with E-state index in [9.17, 15) is 13.2 Å². The van der Waals surface area contributed by atoms with E-state index in [-0.39, 0.29) is 5.82 Å². The molecule has 17 heavy (non-hydrogen) atoms. The molecule has 1 aliphatic rings. The third kappa shape index (κ3) is 2.59. The van der Waals surface area contributed by atoms with Crippen LogP contribution in [0.3, 0.4) is 0 Å². The van der Waals surface area contributed by atoms with Crippen LogP contribution >= 0.6 is 0 Å². The third-order valence-corrected chi connectivity index (χ3v) is 2.68. The Balaban J connectivity index is 2.37. The maximum Gasteiger partial charge on any atom is 0.451 e.